The van der Waals surface area contributed by atoms with Gasteiger partial charge in [0.1, 0.15) is 22.4 Å². The van der Waals surface area contributed by atoms with Gasteiger partial charge in [-0.15, -0.1) is 0 Å². The van der Waals surface area contributed by atoms with Crippen LogP contribution in [0.15, 0.2) is 30.6 Å². The van der Waals surface area contributed by atoms with E-state index in [1.807, 2.05) is 4.90 Å². The Morgan fingerprint density at radius 3 is 2.29 bits per heavy atom. The number of nitrogens with one attached hydrogen (secondary N) is 1. The van der Waals surface area contributed by atoms with Gasteiger partial charge >= 0.3 is 11.3 Å². The predicted octanol–water partition coefficient (Wildman–Crippen LogP) is 2.16. The van der Waals surface area contributed by atoms with Crippen molar-refractivity contribution in [2.75, 3.05) is 52.2 Å². The molecule has 0 spiro atoms. The van der Waals surface area contributed by atoms with Crippen LogP contribution in [-0.4, -0.2) is 80.2 Å². The summed E-state index contributed by atoms with van der Waals surface area (Å²) >= 11 is 6.35. The van der Waals surface area contributed by atoms with Gasteiger partial charge in [0.25, 0.3) is 11.8 Å². The highest BCUT2D eigenvalue weighted by atomic mass is 35.5. The molecule has 0 radical (unpaired) electrons. The number of anilines is 1. The van der Waals surface area contributed by atoms with Gasteiger partial charge in [-0.2, -0.15) is 0 Å². The summed E-state index contributed by atoms with van der Waals surface area (Å²) in [6, 6.07) is 1.61. The minimum Gasteiger partial charge on any atom is -0.492 e. The number of halogens is 1. The van der Waals surface area contributed by atoms with Crippen molar-refractivity contribution < 1.29 is 27.9 Å². The molecule has 41 heavy (non-hydrogen) atoms. The van der Waals surface area contributed by atoms with Crippen molar-refractivity contribution in [3.05, 3.63) is 43.6 Å². The number of rotatable bonds is 6. The van der Waals surface area contributed by atoms with Crippen molar-refractivity contribution in [2.45, 2.75) is 50.7 Å². The lowest BCUT2D eigenvalue weighted by Crippen LogP contribution is -2.48. The number of amides is 2. The van der Waals surface area contributed by atoms with E-state index in [0.717, 1.165) is 70.5 Å². The number of nitrogen functional groups attached to an aromatic ring is 1. The maximum Gasteiger partial charge on any atom is 0.336 e. The Hall–Kier alpha value is -3.35. The van der Waals surface area contributed by atoms with Crippen LogP contribution in [0.1, 0.15) is 48.9 Å². The molecule has 2 bridgehead atoms. The summed E-state index contributed by atoms with van der Waals surface area (Å²) in [5, 5.41) is 2.75. The van der Waals surface area contributed by atoms with Gasteiger partial charge in [0.15, 0.2) is 16.9 Å². The van der Waals surface area contributed by atoms with E-state index < -0.39 is 17.2 Å². The van der Waals surface area contributed by atoms with Crippen LogP contribution in [0.25, 0.3) is 11.2 Å². The second kappa shape index (κ2) is 12.7. The zero-order chi connectivity index (χ0) is 29.1. The van der Waals surface area contributed by atoms with Crippen LogP contribution in [0.3, 0.4) is 0 Å². The summed E-state index contributed by atoms with van der Waals surface area (Å²) in [6.07, 6.45) is 4.88. The number of nitrogens with zero attached hydrogens (tertiary/aromatic N) is 2. The van der Waals surface area contributed by atoms with Crippen molar-refractivity contribution >= 4 is 40.3 Å². The van der Waals surface area contributed by atoms with Crippen molar-refractivity contribution in [1.82, 2.24) is 15.1 Å². The van der Waals surface area contributed by atoms with Crippen molar-refractivity contribution in [3.8, 4) is 5.75 Å². The van der Waals surface area contributed by atoms with Crippen LogP contribution in [0.2, 0.25) is 5.02 Å². The molecule has 3 aliphatic rings. The molecule has 1 aromatic carbocycles. The monoisotopic (exact) mass is 590 g/mol. The number of fused-ring (bicyclic) bond motifs is 7. The summed E-state index contributed by atoms with van der Waals surface area (Å²) in [7, 11) is 1.28. The number of methoxy groups -OCH3 is 1. The Bertz CT molecular complexity index is 1440. The van der Waals surface area contributed by atoms with Gasteiger partial charge in [-0.1, -0.05) is 11.6 Å². The van der Waals surface area contributed by atoms with Crippen molar-refractivity contribution in [2.24, 2.45) is 5.92 Å². The average Bonchev–Trinajstić information content (AvgIpc) is 3.52. The number of carbonyl (C=O) groups is 2. The van der Waals surface area contributed by atoms with Gasteiger partial charge in [-0.05, 0) is 44.4 Å². The van der Waals surface area contributed by atoms with Gasteiger partial charge in [0.2, 0.25) is 0 Å². The topological polar surface area (TPSA) is 158 Å². The molecule has 3 aromatic rings. The summed E-state index contributed by atoms with van der Waals surface area (Å²) < 4.78 is 21.5. The van der Waals surface area contributed by atoms with Gasteiger partial charge in [-0.3, -0.25) is 9.59 Å². The highest BCUT2D eigenvalue weighted by Gasteiger charge is 2.33. The second-order valence-electron chi connectivity index (χ2n) is 10.8. The van der Waals surface area contributed by atoms with Crippen LogP contribution in [-0.2, 0) is 9.53 Å². The Morgan fingerprint density at radius 2 is 1.68 bits per heavy atom. The standard InChI is InChI=1S/C28H35ClN4O8/c1-38-25-21(24-22(29)23(30)26(25)41-20(35)5-4-19(34)40-24)27(36)31-17-8-10-32(11-9-17)15-16-6-12-33(13-7-16)28(37)18-3-2-14-39-18/h4-5,16-18H,2-3,6-15,30H2,1H3,(H,31,36)/t18-/m0/s1. The lowest BCUT2D eigenvalue weighted by atomic mass is 9.94. The van der Waals surface area contributed by atoms with Gasteiger partial charge in [0, 0.05) is 57.5 Å². The van der Waals surface area contributed by atoms with E-state index >= 15 is 0 Å². The molecular weight excluding hydrogens is 556 g/mol. The fourth-order valence-corrected chi connectivity index (χ4v) is 6.09. The fraction of sp³-hybridized carbons (Fsp3) is 0.571. The molecule has 0 aliphatic carbocycles. The normalized spacial score (nSPS) is 20.7. The second-order valence-corrected chi connectivity index (χ2v) is 11.2. The third-order valence-electron chi connectivity index (χ3n) is 8.10. The molecule has 3 saturated heterocycles. The molecule has 0 unspecified atom stereocenters. The zero-order valence-electron chi connectivity index (χ0n) is 23.0. The summed E-state index contributed by atoms with van der Waals surface area (Å²) in [4.78, 5) is 54.9. The molecule has 222 valence electrons. The Labute approximate surface area is 241 Å². The van der Waals surface area contributed by atoms with E-state index in [1.165, 1.54) is 7.11 Å². The maximum atomic E-state index is 13.5. The molecule has 2 amide bonds. The minimum absolute atomic E-state index is 0.133. The summed E-state index contributed by atoms with van der Waals surface area (Å²) in [5.74, 6) is -0.0945. The number of benzene rings is 1. The molecular formula is C28H35ClN4O8. The molecule has 3 fully saturated rings. The fourth-order valence-electron chi connectivity index (χ4n) is 5.87. The first-order chi connectivity index (χ1) is 19.7. The summed E-state index contributed by atoms with van der Waals surface area (Å²) in [5.41, 5.74) is 3.34. The van der Waals surface area contributed by atoms with E-state index in [9.17, 15) is 19.2 Å². The van der Waals surface area contributed by atoms with Crippen LogP contribution < -0.4 is 27.0 Å². The van der Waals surface area contributed by atoms with E-state index in [0.29, 0.717) is 25.4 Å². The number of nitrogens with two attached hydrogens (primary N) is 1. The molecule has 3 N–H and O–H groups in total. The SMILES string of the molecule is COc1c(C(=O)NC2CCN(CC3CCN(C(=O)[C@@H]4CCCO4)CC3)CC2)c2oc(=O)ccc(=O)oc1c(N)c2Cl. The van der Waals surface area contributed by atoms with Crippen molar-refractivity contribution in [1.29, 1.82) is 0 Å². The van der Waals surface area contributed by atoms with E-state index in [2.05, 4.69) is 10.2 Å². The van der Waals surface area contributed by atoms with Crippen LogP contribution in [0.5, 0.6) is 5.75 Å². The first-order valence-electron chi connectivity index (χ1n) is 14.0. The minimum atomic E-state index is -0.926. The first kappa shape index (κ1) is 29.2. The Morgan fingerprint density at radius 1 is 1.02 bits per heavy atom. The van der Waals surface area contributed by atoms with E-state index in [1.54, 1.807) is 0 Å². The maximum absolute atomic E-state index is 13.5. The van der Waals surface area contributed by atoms with Gasteiger partial charge in [-0.25, -0.2) is 9.59 Å². The molecule has 5 heterocycles. The summed E-state index contributed by atoms with van der Waals surface area (Å²) in [6.45, 7) is 4.76. The molecule has 12 nitrogen and oxygen atoms in total. The average molecular weight is 591 g/mol. The van der Waals surface area contributed by atoms with E-state index in [4.69, 9.17) is 35.6 Å². The quantitative estimate of drug-likeness (QED) is 0.478. The first-order valence-corrected chi connectivity index (χ1v) is 14.4. The Balaban J connectivity index is 1.21. The number of hydrogen-bond donors (Lipinski definition) is 2. The molecule has 0 saturated carbocycles. The number of likely N-dealkylation sites (tertiary alicyclic amines) is 2. The molecule has 1 atom stereocenters. The third kappa shape index (κ3) is 6.44. The highest BCUT2D eigenvalue weighted by molar-refractivity contribution is 6.38. The van der Waals surface area contributed by atoms with Crippen molar-refractivity contribution in [3.63, 3.8) is 0 Å². The number of carbonyl (C=O) groups excluding carboxylic acids is 2. The van der Waals surface area contributed by atoms with E-state index in [-0.39, 0.29) is 51.2 Å². The van der Waals surface area contributed by atoms with Crippen LogP contribution in [0.4, 0.5) is 5.69 Å². The number of ether oxygens (including phenoxy) is 2. The number of hydrogen-bond acceptors (Lipinski definition) is 10. The molecule has 3 aliphatic heterocycles. The van der Waals surface area contributed by atoms with Crippen LogP contribution in [0, 0.1) is 5.92 Å². The molecule has 6 rings (SSSR count). The van der Waals surface area contributed by atoms with Crippen LogP contribution >= 0.6 is 11.6 Å². The lowest BCUT2D eigenvalue weighted by Gasteiger charge is -2.38. The molecule has 2 aromatic heterocycles. The smallest absolute Gasteiger partial charge is 0.336 e. The predicted molar refractivity (Wildman–Crippen MR) is 151 cm³/mol. The van der Waals surface area contributed by atoms with Gasteiger partial charge in [0.05, 0.1) is 7.11 Å². The van der Waals surface area contributed by atoms with Gasteiger partial charge < -0.3 is 39.2 Å². The largest absolute Gasteiger partial charge is 0.492 e. The lowest BCUT2D eigenvalue weighted by molar-refractivity contribution is -0.142. The number of piperidine rings is 2. The molecule has 13 heteroatoms. The Kier molecular flexibility index (Phi) is 9.00. The zero-order valence-corrected chi connectivity index (χ0v) is 23.7. The highest BCUT2D eigenvalue weighted by Crippen LogP contribution is 2.39. The third-order valence-corrected chi connectivity index (χ3v) is 8.48.